The van der Waals surface area contributed by atoms with E-state index in [0.29, 0.717) is 13.1 Å². The summed E-state index contributed by atoms with van der Waals surface area (Å²) < 4.78 is 5.23. The number of carbonyl (C=O) groups excluding carboxylic acids is 2. The molecule has 0 atom stereocenters. The van der Waals surface area contributed by atoms with Crippen molar-refractivity contribution in [1.82, 2.24) is 5.32 Å². The molecule has 0 bridgehead atoms. The van der Waals surface area contributed by atoms with Gasteiger partial charge in [-0.2, -0.15) is 0 Å². The highest BCUT2D eigenvalue weighted by Gasteiger charge is 2.34. The number of amides is 2. The molecule has 0 unspecified atom stereocenters. The SMILES string of the molecule is Cc1ccc(CN(C(=O)C2CC2)c2ccc(CC(=O)NCc3ccco3)cc2)cc1. The van der Waals surface area contributed by atoms with E-state index in [4.69, 9.17) is 4.42 Å². The number of benzene rings is 2. The van der Waals surface area contributed by atoms with Crippen molar-refractivity contribution < 1.29 is 14.0 Å². The summed E-state index contributed by atoms with van der Waals surface area (Å²) in [6.45, 7) is 2.99. The molecule has 0 radical (unpaired) electrons. The summed E-state index contributed by atoms with van der Waals surface area (Å²) in [6.07, 6.45) is 3.81. The van der Waals surface area contributed by atoms with E-state index in [1.54, 1.807) is 12.3 Å². The maximum atomic E-state index is 12.9. The van der Waals surface area contributed by atoms with Crippen LogP contribution in [-0.2, 0) is 29.1 Å². The van der Waals surface area contributed by atoms with Gasteiger partial charge in [0.1, 0.15) is 5.76 Å². The predicted octanol–water partition coefficient (Wildman–Crippen LogP) is 4.39. The Kier molecular flexibility index (Phi) is 5.98. The lowest BCUT2D eigenvalue weighted by molar-refractivity contribution is -0.121. The fourth-order valence-corrected chi connectivity index (χ4v) is 3.36. The second-order valence-electron chi connectivity index (χ2n) is 7.88. The third-order valence-electron chi connectivity index (χ3n) is 5.31. The number of furan rings is 1. The number of carbonyl (C=O) groups is 2. The zero-order valence-corrected chi connectivity index (χ0v) is 17.1. The molecule has 154 valence electrons. The van der Waals surface area contributed by atoms with E-state index < -0.39 is 0 Å². The fourth-order valence-electron chi connectivity index (χ4n) is 3.36. The van der Waals surface area contributed by atoms with Crippen molar-refractivity contribution in [3.05, 3.63) is 89.4 Å². The molecule has 1 aromatic heterocycles. The summed E-state index contributed by atoms with van der Waals surface area (Å²) in [4.78, 5) is 26.9. The van der Waals surface area contributed by atoms with E-state index in [-0.39, 0.29) is 24.2 Å². The van der Waals surface area contributed by atoms with Gasteiger partial charge in [0.05, 0.1) is 25.8 Å². The first-order valence-electron chi connectivity index (χ1n) is 10.3. The lowest BCUT2D eigenvalue weighted by Crippen LogP contribution is -2.31. The highest BCUT2D eigenvalue weighted by Crippen LogP contribution is 2.33. The van der Waals surface area contributed by atoms with Crippen molar-refractivity contribution in [2.24, 2.45) is 5.92 Å². The van der Waals surface area contributed by atoms with E-state index in [2.05, 4.69) is 36.5 Å². The maximum absolute atomic E-state index is 12.9. The van der Waals surface area contributed by atoms with Crippen LogP contribution in [0.3, 0.4) is 0 Å². The molecule has 4 rings (SSSR count). The molecule has 3 aromatic rings. The smallest absolute Gasteiger partial charge is 0.230 e. The first-order chi connectivity index (χ1) is 14.6. The Hall–Kier alpha value is -3.34. The lowest BCUT2D eigenvalue weighted by Gasteiger charge is -2.23. The minimum atomic E-state index is -0.0651. The molecule has 2 amide bonds. The summed E-state index contributed by atoms with van der Waals surface area (Å²) in [5.41, 5.74) is 4.08. The number of hydrogen-bond acceptors (Lipinski definition) is 3. The van der Waals surface area contributed by atoms with Gasteiger partial charge >= 0.3 is 0 Å². The molecule has 30 heavy (non-hydrogen) atoms. The van der Waals surface area contributed by atoms with Crippen molar-refractivity contribution in [3.63, 3.8) is 0 Å². The first kappa shape index (κ1) is 20.0. The molecule has 5 nitrogen and oxygen atoms in total. The van der Waals surface area contributed by atoms with E-state index in [1.807, 2.05) is 35.2 Å². The Morgan fingerprint density at radius 2 is 1.70 bits per heavy atom. The number of aryl methyl sites for hydroxylation is 1. The summed E-state index contributed by atoms with van der Waals surface area (Å²) in [5.74, 6) is 0.982. The van der Waals surface area contributed by atoms with Crippen LogP contribution in [0, 0.1) is 12.8 Å². The van der Waals surface area contributed by atoms with Crippen LogP contribution in [0.25, 0.3) is 0 Å². The quantitative estimate of drug-likeness (QED) is 0.608. The van der Waals surface area contributed by atoms with Gasteiger partial charge in [0.2, 0.25) is 11.8 Å². The van der Waals surface area contributed by atoms with Gasteiger partial charge in [0.25, 0.3) is 0 Å². The number of hydrogen-bond donors (Lipinski definition) is 1. The van der Waals surface area contributed by atoms with Crippen LogP contribution >= 0.6 is 0 Å². The molecule has 5 heteroatoms. The van der Waals surface area contributed by atoms with Crippen molar-refractivity contribution in [3.8, 4) is 0 Å². The van der Waals surface area contributed by atoms with Gasteiger partial charge in [0.15, 0.2) is 0 Å². The number of rotatable bonds is 8. The highest BCUT2D eigenvalue weighted by atomic mass is 16.3. The lowest BCUT2D eigenvalue weighted by atomic mass is 10.1. The number of nitrogens with one attached hydrogen (secondary N) is 1. The number of nitrogens with zero attached hydrogens (tertiary/aromatic N) is 1. The summed E-state index contributed by atoms with van der Waals surface area (Å²) in [5, 5.41) is 2.85. The molecular formula is C25H26N2O3. The van der Waals surface area contributed by atoms with Gasteiger partial charge in [0, 0.05) is 11.6 Å². The third-order valence-corrected chi connectivity index (χ3v) is 5.31. The minimum absolute atomic E-state index is 0.0651. The zero-order chi connectivity index (χ0) is 20.9. The van der Waals surface area contributed by atoms with Crippen LogP contribution in [0.4, 0.5) is 5.69 Å². The van der Waals surface area contributed by atoms with E-state index in [9.17, 15) is 9.59 Å². The molecule has 1 aliphatic carbocycles. The Morgan fingerprint density at radius 1 is 1.00 bits per heavy atom. The predicted molar refractivity (Wildman–Crippen MR) is 116 cm³/mol. The van der Waals surface area contributed by atoms with Crippen molar-refractivity contribution in [2.75, 3.05) is 4.90 Å². The molecule has 1 heterocycles. The van der Waals surface area contributed by atoms with Crippen molar-refractivity contribution in [2.45, 2.75) is 39.3 Å². The molecule has 0 spiro atoms. The Morgan fingerprint density at radius 3 is 2.33 bits per heavy atom. The average Bonchev–Trinajstić information content (AvgIpc) is 3.48. The van der Waals surface area contributed by atoms with Gasteiger partial charge in [-0.05, 0) is 55.2 Å². The topological polar surface area (TPSA) is 62.6 Å². The van der Waals surface area contributed by atoms with Crippen LogP contribution in [-0.4, -0.2) is 11.8 Å². The largest absolute Gasteiger partial charge is 0.467 e. The first-order valence-corrected chi connectivity index (χ1v) is 10.3. The standard InChI is InChI=1S/C25H26N2O3/c1-18-4-6-20(7-5-18)17-27(25(29)21-10-11-21)22-12-8-19(9-13-22)15-24(28)26-16-23-3-2-14-30-23/h2-9,12-14,21H,10-11,15-17H2,1H3,(H,26,28). The third kappa shape index (κ3) is 5.17. The Bertz CT molecular complexity index is 988. The molecule has 0 aliphatic heterocycles. The van der Waals surface area contributed by atoms with Gasteiger partial charge in [-0.25, -0.2) is 0 Å². The van der Waals surface area contributed by atoms with Crippen molar-refractivity contribution >= 4 is 17.5 Å². The molecule has 1 saturated carbocycles. The fraction of sp³-hybridized carbons (Fsp3) is 0.280. The van der Waals surface area contributed by atoms with Gasteiger partial charge in [-0.1, -0.05) is 42.0 Å². The monoisotopic (exact) mass is 402 g/mol. The normalized spacial score (nSPS) is 13.1. The molecular weight excluding hydrogens is 376 g/mol. The summed E-state index contributed by atoms with van der Waals surface area (Å²) in [7, 11) is 0. The van der Waals surface area contributed by atoms with Gasteiger partial charge < -0.3 is 14.6 Å². The van der Waals surface area contributed by atoms with Crippen LogP contribution in [0.2, 0.25) is 0 Å². The molecule has 1 fully saturated rings. The second-order valence-corrected chi connectivity index (χ2v) is 7.88. The number of anilines is 1. The second kappa shape index (κ2) is 8.99. The molecule has 2 aromatic carbocycles. The highest BCUT2D eigenvalue weighted by molar-refractivity contribution is 5.96. The zero-order valence-electron chi connectivity index (χ0n) is 17.1. The minimum Gasteiger partial charge on any atom is -0.467 e. The van der Waals surface area contributed by atoms with Crippen LogP contribution < -0.4 is 10.2 Å². The van der Waals surface area contributed by atoms with Gasteiger partial charge in [-0.3, -0.25) is 9.59 Å². The van der Waals surface area contributed by atoms with E-state index in [1.165, 1.54) is 5.56 Å². The van der Waals surface area contributed by atoms with E-state index >= 15 is 0 Å². The summed E-state index contributed by atoms with van der Waals surface area (Å²) >= 11 is 0. The Labute approximate surface area is 176 Å². The molecule has 0 saturated heterocycles. The molecule has 1 N–H and O–H groups in total. The van der Waals surface area contributed by atoms with Crippen LogP contribution in [0.1, 0.15) is 35.3 Å². The maximum Gasteiger partial charge on any atom is 0.230 e. The Balaban J connectivity index is 1.41. The van der Waals surface area contributed by atoms with Gasteiger partial charge in [-0.15, -0.1) is 0 Å². The van der Waals surface area contributed by atoms with Crippen LogP contribution in [0.5, 0.6) is 0 Å². The van der Waals surface area contributed by atoms with Crippen molar-refractivity contribution in [1.29, 1.82) is 0 Å². The molecule has 1 aliphatic rings. The summed E-state index contributed by atoms with van der Waals surface area (Å²) in [6, 6.07) is 19.6. The average molecular weight is 402 g/mol. The van der Waals surface area contributed by atoms with E-state index in [0.717, 1.165) is 35.4 Å². The van der Waals surface area contributed by atoms with Crippen LogP contribution in [0.15, 0.2) is 71.3 Å².